The molecule has 4 heteroatoms. The molecule has 1 atom stereocenters. The van der Waals surface area contributed by atoms with Gasteiger partial charge in [-0.05, 0) is 30.5 Å². The predicted octanol–water partition coefficient (Wildman–Crippen LogP) is 3.06. The maximum absolute atomic E-state index is 12.2. The molecular formula is C17H21NO3. The van der Waals surface area contributed by atoms with E-state index in [0.717, 1.165) is 22.1 Å². The lowest BCUT2D eigenvalue weighted by atomic mass is 9.98. The molecule has 1 N–H and O–H groups in total. The van der Waals surface area contributed by atoms with Crippen LogP contribution in [0.25, 0.3) is 10.8 Å². The minimum Gasteiger partial charge on any atom is -0.496 e. The number of ether oxygens (including phenoxy) is 2. The molecule has 21 heavy (non-hydrogen) atoms. The summed E-state index contributed by atoms with van der Waals surface area (Å²) in [5, 5.41) is 5.18. The first-order valence-electron chi connectivity index (χ1n) is 7.18. The van der Waals surface area contributed by atoms with Crippen LogP contribution in [0, 0.1) is 0 Å². The standard InChI is InChI=1S/C17H21NO3/c1-4-18-16(17(19)21-5-2)14-10-11-15(20-3)13-9-7-6-8-12(13)14/h6-11,16,18H,4-5H2,1-3H3. The van der Waals surface area contributed by atoms with E-state index in [1.165, 1.54) is 0 Å². The fourth-order valence-corrected chi connectivity index (χ4v) is 2.47. The van der Waals surface area contributed by atoms with E-state index in [1.807, 2.05) is 50.2 Å². The highest BCUT2D eigenvalue weighted by Crippen LogP contribution is 2.32. The van der Waals surface area contributed by atoms with Crippen LogP contribution in [0.4, 0.5) is 0 Å². The highest BCUT2D eigenvalue weighted by molar-refractivity contribution is 5.94. The minimum absolute atomic E-state index is 0.255. The van der Waals surface area contributed by atoms with Crippen molar-refractivity contribution in [3.63, 3.8) is 0 Å². The van der Waals surface area contributed by atoms with Gasteiger partial charge in [-0.3, -0.25) is 0 Å². The molecule has 2 aromatic carbocycles. The molecular weight excluding hydrogens is 266 g/mol. The SMILES string of the molecule is CCNC(C(=O)OCC)c1ccc(OC)c2ccccc12. The number of nitrogens with one attached hydrogen (secondary N) is 1. The molecule has 0 fully saturated rings. The van der Waals surface area contributed by atoms with Crippen LogP contribution in [0.3, 0.4) is 0 Å². The quantitative estimate of drug-likeness (QED) is 0.830. The Bertz CT molecular complexity index is 624. The third kappa shape index (κ3) is 3.16. The molecule has 0 heterocycles. The van der Waals surface area contributed by atoms with Crippen molar-refractivity contribution < 1.29 is 14.3 Å². The molecule has 2 rings (SSSR count). The van der Waals surface area contributed by atoms with Gasteiger partial charge in [-0.25, -0.2) is 4.79 Å². The van der Waals surface area contributed by atoms with Crippen molar-refractivity contribution in [1.82, 2.24) is 5.32 Å². The van der Waals surface area contributed by atoms with Crippen molar-refractivity contribution in [3.05, 3.63) is 42.0 Å². The molecule has 0 bridgehead atoms. The first-order chi connectivity index (χ1) is 10.2. The second-order valence-electron chi connectivity index (χ2n) is 4.65. The zero-order valence-electron chi connectivity index (χ0n) is 12.7. The molecule has 0 saturated heterocycles. The van der Waals surface area contributed by atoms with Gasteiger partial charge in [0.25, 0.3) is 0 Å². The summed E-state index contributed by atoms with van der Waals surface area (Å²) in [5.74, 6) is 0.545. The maximum atomic E-state index is 12.2. The highest BCUT2D eigenvalue weighted by Gasteiger charge is 2.23. The van der Waals surface area contributed by atoms with Gasteiger partial charge in [0.05, 0.1) is 13.7 Å². The lowest BCUT2D eigenvalue weighted by Crippen LogP contribution is -2.30. The van der Waals surface area contributed by atoms with E-state index in [-0.39, 0.29) is 5.97 Å². The number of carbonyl (C=O) groups is 1. The van der Waals surface area contributed by atoms with E-state index < -0.39 is 6.04 Å². The second kappa shape index (κ2) is 7.09. The Balaban J connectivity index is 2.55. The Labute approximate surface area is 125 Å². The largest absolute Gasteiger partial charge is 0.496 e. The lowest BCUT2D eigenvalue weighted by molar-refractivity contribution is -0.145. The summed E-state index contributed by atoms with van der Waals surface area (Å²) in [6, 6.07) is 11.3. The number of esters is 1. The molecule has 0 aliphatic carbocycles. The van der Waals surface area contributed by atoms with Crippen LogP contribution in [0.5, 0.6) is 5.75 Å². The molecule has 2 aromatic rings. The number of benzene rings is 2. The first-order valence-corrected chi connectivity index (χ1v) is 7.18. The van der Waals surface area contributed by atoms with E-state index in [0.29, 0.717) is 13.2 Å². The zero-order valence-corrected chi connectivity index (χ0v) is 12.7. The number of fused-ring (bicyclic) bond motifs is 1. The van der Waals surface area contributed by atoms with Gasteiger partial charge in [0, 0.05) is 5.39 Å². The number of hydrogen-bond acceptors (Lipinski definition) is 4. The average Bonchev–Trinajstić information content (AvgIpc) is 2.52. The predicted molar refractivity (Wildman–Crippen MR) is 83.6 cm³/mol. The van der Waals surface area contributed by atoms with Gasteiger partial charge >= 0.3 is 5.97 Å². The van der Waals surface area contributed by atoms with Gasteiger partial charge in [-0.2, -0.15) is 0 Å². The van der Waals surface area contributed by atoms with E-state index in [2.05, 4.69) is 5.32 Å². The van der Waals surface area contributed by atoms with Crippen molar-refractivity contribution in [3.8, 4) is 5.75 Å². The number of hydrogen-bond donors (Lipinski definition) is 1. The van der Waals surface area contributed by atoms with Gasteiger partial charge in [-0.1, -0.05) is 37.3 Å². The van der Waals surface area contributed by atoms with Gasteiger partial charge in [0.15, 0.2) is 0 Å². The summed E-state index contributed by atoms with van der Waals surface area (Å²) >= 11 is 0. The number of likely N-dealkylation sites (N-methyl/N-ethyl adjacent to an activating group) is 1. The Kier molecular flexibility index (Phi) is 5.17. The Morgan fingerprint density at radius 3 is 2.48 bits per heavy atom. The van der Waals surface area contributed by atoms with Crippen molar-refractivity contribution in [2.24, 2.45) is 0 Å². The zero-order chi connectivity index (χ0) is 15.2. The summed E-state index contributed by atoms with van der Waals surface area (Å²) in [7, 11) is 1.65. The van der Waals surface area contributed by atoms with Crippen LogP contribution < -0.4 is 10.1 Å². The van der Waals surface area contributed by atoms with Gasteiger partial charge in [0.2, 0.25) is 0 Å². The molecule has 4 nitrogen and oxygen atoms in total. The summed E-state index contributed by atoms with van der Waals surface area (Å²) in [6.45, 7) is 4.84. The molecule has 0 radical (unpaired) electrons. The van der Waals surface area contributed by atoms with Crippen molar-refractivity contribution in [2.75, 3.05) is 20.3 Å². The molecule has 112 valence electrons. The fourth-order valence-electron chi connectivity index (χ4n) is 2.47. The van der Waals surface area contributed by atoms with E-state index in [9.17, 15) is 4.79 Å². The van der Waals surface area contributed by atoms with Crippen LogP contribution in [0.15, 0.2) is 36.4 Å². The normalized spacial score (nSPS) is 12.1. The Morgan fingerprint density at radius 1 is 1.14 bits per heavy atom. The maximum Gasteiger partial charge on any atom is 0.327 e. The molecule has 0 aliphatic heterocycles. The first kappa shape index (κ1) is 15.3. The molecule has 0 aromatic heterocycles. The minimum atomic E-state index is -0.467. The van der Waals surface area contributed by atoms with Gasteiger partial charge in [0.1, 0.15) is 11.8 Å². The number of rotatable bonds is 6. The van der Waals surface area contributed by atoms with Crippen molar-refractivity contribution >= 4 is 16.7 Å². The van der Waals surface area contributed by atoms with Crippen molar-refractivity contribution in [2.45, 2.75) is 19.9 Å². The Hall–Kier alpha value is -2.07. The van der Waals surface area contributed by atoms with Gasteiger partial charge < -0.3 is 14.8 Å². The van der Waals surface area contributed by atoms with Crippen LogP contribution in [-0.2, 0) is 9.53 Å². The average molecular weight is 287 g/mol. The molecule has 1 unspecified atom stereocenters. The van der Waals surface area contributed by atoms with Crippen LogP contribution in [0.2, 0.25) is 0 Å². The van der Waals surface area contributed by atoms with Crippen LogP contribution in [-0.4, -0.2) is 26.2 Å². The summed E-state index contributed by atoms with van der Waals surface area (Å²) < 4.78 is 10.6. The molecule has 0 aliphatic rings. The monoisotopic (exact) mass is 287 g/mol. The third-order valence-corrected chi connectivity index (χ3v) is 3.38. The fraction of sp³-hybridized carbons (Fsp3) is 0.353. The number of carbonyl (C=O) groups excluding carboxylic acids is 1. The van der Waals surface area contributed by atoms with E-state index in [1.54, 1.807) is 7.11 Å². The van der Waals surface area contributed by atoms with E-state index in [4.69, 9.17) is 9.47 Å². The Morgan fingerprint density at radius 2 is 1.86 bits per heavy atom. The third-order valence-electron chi connectivity index (χ3n) is 3.38. The molecule has 0 spiro atoms. The van der Waals surface area contributed by atoms with E-state index >= 15 is 0 Å². The topological polar surface area (TPSA) is 47.6 Å². The smallest absolute Gasteiger partial charge is 0.327 e. The van der Waals surface area contributed by atoms with Crippen LogP contribution >= 0.6 is 0 Å². The lowest BCUT2D eigenvalue weighted by Gasteiger charge is -2.19. The second-order valence-corrected chi connectivity index (χ2v) is 4.65. The van der Waals surface area contributed by atoms with Crippen LogP contribution in [0.1, 0.15) is 25.5 Å². The summed E-state index contributed by atoms with van der Waals surface area (Å²) in [5.41, 5.74) is 0.909. The highest BCUT2D eigenvalue weighted by atomic mass is 16.5. The van der Waals surface area contributed by atoms with Crippen molar-refractivity contribution in [1.29, 1.82) is 0 Å². The number of methoxy groups -OCH3 is 1. The molecule has 0 amide bonds. The summed E-state index contributed by atoms with van der Waals surface area (Å²) in [6.07, 6.45) is 0. The summed E-state index contributed by atoms with van der Waals surface area (Å²) in [4.78, 5) is 12.2. The molecule has 0 saturated carbocycles. The van der Waals surface area contributed by atoms with Gasteiger partial charge in [-0.15, -0.1) is 0 Å².